The van der Waals surface area contributed by atoms with E-state index in [-0.39, 0.29) is 22.9 Å². The van der Waals surface area contributed by atoms with E-state index in [1.807, 2.05) is 0 Å². The highest BCUT2D eigenvalue weighted by molar-refractivity contribution is 9.10. The van der Waals surface area contributed by atoms with E-state index < -0.39 is 23.5 Å². The van der Waals surface area contributed by atoms with Crippen LogP contribution in [0.25, 0.3) is 0 Å². The third-order valence-electron chi connectivity index (χ3n) is 3.02. The van der Waals surface area contributed by atoms with Crippen LogP contribution in [0, 0.1) is 5.82 Å². The first-order valence-corrected chi connectivity index (χ1v) is 8.59. The fourth-order valence-electron chi connectivity index (χ4n) is 1.95. The number of methoxy groups -OCH3 is 1. The molecule has 27 heavy (non-hydrogen) atoms. The molecule has 1 N–H and O–H groups in total. The van der Waals surface area contributed by atoms with Gasteiger partial charge < -0.3 is 14.2 Å². The van der Waals surface area contributed by atoms with Gasteiger partial charge in [0, 0.05) is 18.3 Å². The van der Waals surface area contributed by atoms with Gasteiger partial charge in [-0.25, -0.2) is 19.0 Å². The molecule has 1 aromatic heterocycles. The molecule has 1 amide bonds. The van der Waals surface area contributed by atoms with Crippen LogP contribution in [-0.4, -0.2) is 29.8 Å². The van der Waals surface area contributed by atoms with Crippen LogP contribution in [0.2, 0.25) is 0 Å². The Morgan fingerprint density at radius 1 is 1.19 bits per heavy atom. The SMILES string of the molecule is COC(=O)c1ccc(F)cc1Oc1cc(NC(=O)OC(C)(C)C)ncc1Br. The number of benzene rings is 1. The summed E-state index contributed by atoms with van der Waals surface area (Å²) in [6.07, 6.45) is 0.698. The van der Waals surface area contributed by atoms with Gasteiger partial charge in [-0.05, 0) is 48.8 Å². The summed E-state index contributed by atoms with van der Waals surface area (Å²) in [5.74, 6) is -0.959. The number of nitrogens with one attached hydrogen (secondary N) is 1. The van der Waals surface area contributed by atoms with E-state index in [1.54, 1.807) is 20.8 Å². The molecule has 0 aliphatic heterocycles. The molecule has 2 rings (SSSR count). The maximum Gasteiger partial charge on any atom is 0.413 e. The Labute approximate surface area is 164 Å². The van der Waals surface area contributed by atoms with Crippen molar-refractivity contribution >= 4 is 33.8 Å². The summed E-state index contributed by atoms with van der Waals surface area (Å²) in [6, 6.07) is 4.84. The highest BCUT2D eigenvalue weighted by atomic mass is 79.9. The lowest BCUT2D eigenvalue weighted by Gasteiger charge is -2.19. The van der Waals surface area contributed by atoms with E-state index in [4.69, 9.17) is 9.47 Å². The molecule has 0 bridgehead atoms. The Morgan fingerprint density at radius 3 is 2.52 bits per heavy atom. The number of amides is 1. The first kappa shape index (κ1) is 20.6. The third kappa shape index (κ3) is 5.92. The maximum absolute atomic E-state index is 13.6. The van der Waals surface area contributed by atoms with Crippen molar-refractivity contribution in [1.29, 1.82) is 0 Å². The Morgan fingerprint density at radius 2 is 1.89 bits per heavy atom. The predicted molar refractivity (Wildman–Crippen MR) is 99.6 cm³/mol. The number of rotatable bonds is 4. The molecule has 144 valence electrons. The molecule has 1 heterocycles. The summed E-state index contributed by atoms with van der Waals surface area (Å²) in [7, 11) is 1.21. The first-order chi connectivity index (χ1) is 12.6. The quantitative estimate of drug-likeness (QED) is 0.679. The number of aromatic nitrogens is 1. The molecule has 0 aliphatic carbocycles. The van der Waals surface area contributed by atoms with Gasteiger partial charge in [-0.3, -0.25) is 5.32 Å². The minimum absolute atomic E-state index is 0.0445. The zero-order valence-electron chi connectivity index (χ0n) is 15.1. The zero-order chi connectivity index (χ0) is 20.2. The third-order valence-corrected chi connectivity index (χ3v) is 3.61. The van der Waals surface area contributed by atoms with Crippen molar-refractivity contribution in [2.75, 3.05) is 12.4 Å². The number of carbonyl (C=O) groups excluding carboxylic acids is 2. The average molecular weight is 441 g/mol. The molecular weight excluding hydrogens is 423 g/mol. The average Bonchev–Trinajstić information content (AvgIpc) is 2.55. The van der Waals surface area contributed by atoms with Crippen LogP contribution in [0.15, 0.2) is 34.9 Å². The van der Waals surface area contributed by atoms with Gasteiger partial charge in [0.2, 0.25) is 0 Å². The lowest BCUT2D eigenvalue weighted by molar-refractivity contribution is 0.0595. The molecule has 0 saturated heterocycles. The summed E-state index contributed by atoms with van der Waals surface area (Å²) < 4.78 is 29.5. The summed E-state index contributed by atoms with van der Waals surface area (Å²) >= 11 is 3.26. The van der Waals surface area contributed by atoms with Crippen LogP contribution in [0.4, 0.5) is 15.0 Å². The second-order valence-electron chi connectivity index (χ2n) is 6.36. The van der Waals surface area contributed by atoms with Crippen molar-refractivity contribution in [3.63, 3.8) is 0 Å². The van der Waals surface area contributed by atoms with Crippen molar-refractivity contribution in [3.8, 4) is 11.5 Å². The van der Waals surface area contributed by atoms with Crippen molar-refractivity contribution < 1.29 is 28.2 Å². The fourth-order valence-corrected chi connectivity index (χ4v) is 2.25. The van der Waals surface area contributed by atoms with Crippen LogP contribution in [-0.2, 0) is 9.47 Å². The number of halogens is 2. The number of carbonyl (C=O) groups is 2. The topological polar surface area (TPSA) is 86.8 Å². The summed E-state index contributed by atoms with van der Waals surface area (Å²) in [5.41, 5.74) is -0.625. The van der Waals surface area contributed by atoms with Crippen LogP contribution in [0.3, 0.4) is 0 Å². The van der Waals surface area contributed by atoms with Crippen molar-refractivity contribution in [3.05, 3.63) is 46.3 Å². The van der Waals surface area contributed by atoms with Crippen LogP contribution >= 0.6 is 15.9 Å². The monoisotopic (exact) mass is 440 g/mol. The number of hydrogen-bond donors (Lipinski definition) is 1. The molecule has 0 spiro atoms. The normalized spacial score (nSPS) is 10.9. The molecule has 0 atom stereocenters. The second kappa shape index (κ2) is 8.34. The van der Waals surface area contributed by atoms with E-state index in [0.29, 0.717) is 4.47 Å². The first-order valence-electron chi connectivity index (χ1n) is 7.80. The number of pyridine rings is 1. The molecule has 7 nitrogen and oxygen atoms in total. The van der Waals surface area contributed by atoms with Crippen LogP contribution < -0.4 is 10.1 Å². The van der Waals surface area contributed by atoms with Gasteiger partial charge in [0.15, 0.2) is 0 Å². The molecule has 1 aromatic carbocycles. The molecular formula is C18H18BrFN2O5. The molecule has 0 fully saturated rings. The van der Waals surface area contributed by atoms with Crippen LogP contribution in [0.5, 0.6) is 11.5 Å². The largest absolute Gasteiger partial charge is 0.465 e. The zero-order valence-corrected chi connectivity index (χ0v) is 16.7. The standard InChI is InChI=1S/C18H18BrFN2O5/c1-18(2,3)27-17(24)22-15-8-14(12(19)9-21-15)26-13-7-10(20)5-6-11(13)16(23)25-4/h5-9H,1-4H3,(H,21,22,24). The molecule has 9 heteroatoms. The second-order valence-corrected chi connectivity index (χ2v) is 7.22. The van der Waals surface area contributed by atoms with E-state index in [0.717, 1.165) is 12.1 Å². The van der Waals surface area contributed by atoms with Gasteiger partial charge in [-0.2, -0.15) is 0 Å². The summed E-state index contributed by atoms with van der Waals surface area (Å²) in [4.78, 5) is 27.8. The molecule has 0 aliphatic rings. The molecule has 2 aromatic rings. The minimum Gasteiger partial charge on any atom is -0.465 e. The fraction of sp³-hybridized carbons (Fsp3) is 0.278. The van der Waals surface area contributed by atoms with Crippen LogP contribution in [0.1, 0.15) is 31.1 Å². The van der Waals surface area contributed by atoms with Gasteiger partial charge in [0.1, 0.15) is 34.3 Å². The highest BCUT2D eigenvalue weighted by Gasteiger charge is 2.19. The maximum atomic E-state index is 13.6. The number of esters is 1. The Balaban J connectivity index is 2.29. The summed E-state index contributed by atoms with van der Waals surface area (Å²) in [6.45, 7) is 5.19. The van der Waals surface area contributed by atoms with Crippen molar-refractivity contribution in [1.82, 2.24) is 4.98 Å². The van der Waals surface area contributed by atoms with E-state index in [2.05, 4.69) is 31.0 Å². The highest BCUT2D eigenvalue weighted by Crippen LogP contribution is 2.33. The van der Waals surface area contributed by atoms with Gasteiger partial charge in [0.25, 0.3) is 0 Å². The van der Waals surface area contributed by atoms with Crippen molar-refractivity contribution in [2.24, 2.45) is 0 Å². The smallest absolute Gasteiger partial charge is 0.413 e. The molecule has 0 radical (unpaired) electrons. The van der Waals surface area contributed by atoms with Gasteiger partial charge in [-0.15, -0.1) is 0 Å². The van der Waals surface area contributed by atoms with Gasteiger partial charge in [0.05, 0.1) is 11.6 Å². The lowest BCUT2D eigenvalue weighted by atomic mass is 10.2. The number of anilines is 1. The number of ether oxygens (including phenoxy) is 3. The minimum atomic E-state index is -0.690. The lowest BCUT2D eigenvalue weighted by Crippen LogP contribution is -2.27. The predicted octanol–water partition coefficient (Wildman–Crippen LogP) is 4.91. The molecule has 0 unspecified atom stereocenters. The van der Waals surface area contributed by atoms with Gasteiger partial charge >= 0.3 is 12.1 Å². The number of hydrogen-bond acceptors (Lipinski definition) is 6. The Kier molecular flexibility index (Phi) is 6.37. The van der Waals surface area contributed by atoms with Crippen molar-refractivity contribution in [2.45, 2.75) is 26.4 Å². The summed E-state index contributed by atoms with van der Waals surface area (Å²) in [5, 5.41) is 2.47. The van der Waals surface area contributed by atoms with E-state index in [1.165, 1.54) is 25.4 Å². The Hall–Kier alpha value is -2.68. The van der Waals surface area contributed by atoms with E-state index in [9.17, 15) is 14.0 Å². The molecule has 0 saturated carbocycles. The van der Waals surface area contributed by atoms with Gasteiger partial charge in [-0.1, -0.05) is 0 Å². The number of nitrogens with zero attached hydrogens (tertiary/aromatic N) is 1. The van der Waals surface area contributed by atoms with E-state index >= 15 is 0 Å². The Bertz CT molecular complexity index is 867.